The second-order valence-electron chi connectivity index (χ2n) is 6.61. The number of aliphatic hydroxyl groups is 1. The molecule has 3 unspecified atom stereocenters. The van der Waals surface area contributed by atoms with Crippen LogP contribution in [0, 0.1) is 0 Å². The van der Waals surface area contributed by atoms with Crippen molar-refractivity contribution in [1.29, 1.82) is 0 Å². The van der Waals surface area contributed by atoms with E-state index in [9.17, 15) is 9.90 Å². The van der Waals surface area contributed by atoms with E-state index >= 15 is 0 Å². The molecule has 2 rings (SSSR count). The molecule has 5 heteroatoms. The maximum atomic E-state index is 12.7. The topological polar surface area (TPSA) is 43.8 Å². The van der Waals surface area contributed by atoms with Crippen molar-refractivity contribution in [2.24, 2.45) is 0 Å². The summed E-state index contributed by atoms with van der Waals surface area (Å²) in [6.07, 6.45) is 6.11. The number of carbonyl (C=O) groups is 1. The van der Waals surface area contributed by atoms with Gasteiger partial charge in [-0.15, -0.1) is 0 Å². The zero-order valence-corrected chi connectivity index (χ0v) is 14.3. The fourth-order valence-electron chi connectivity index (χ4n) is 3.45. The number of aliphatic hydroxyl groups excluding tert-OH is 1. The van der Waals surface area contributed by atoms with E-state index < -0.39 is 0 Å². The van der Waals surface area contributed by atoms with Crippen LogP contribution in [0.15, 0.2) is 0 Å². The Morgan fingerprint density at radius 2 is 2.19 bits per heavy atom. The van der Waals surface area contributed by atoms with Crippen LogP contribution >= 0.6 is 11.8 Å². The average molecular weight is 314 g/mol. The number of amides is 1. The summed E-state index contributed by atoms with van der Waals surface area (Å²) in [4.78, 5) is 17.0. The SMILES string of the molecule is CC(O)CC1CCCCCN1C(=O)CN(C)C1CCSC1. The molecule has 122 valence electrons. The van der Waals surface area contributed by atoms with Crippen LogP contribution in [0.2, 0.25) is 0 Å². The van der Waals surface area contributed by atoms with Gasteiger partial charge in [-0.2, -0.15) is 11.8 Å². The maximum Gasteiger partial charge on any atom is 0.236 e. The van der Waals surface area contributed by atoms with Crippen molar-refractivity contribution in [3.05, 3.63) is 0 Å². The van der Waals surface area contributed by atoms with Crippen LogP contribution in [0.1, 0.15) is 45.4 Å². The first-order valence-electron chi connectivity index (χ1n) is 8.33. The number of hydrogen-bond acceptors (Lipinski definition) is 4. The molecule has 0 aliphatic carbocycles. The molecule has 0 aromatic carbocycles. The monoisotopic (exact) mass is 314 g/mol. The summed E-state index contributed by atoms with van der Waals surface area (Å²) in [5, 5.41) is 9.70. The molecule has 2 fully saturated rings. The highest BCUT2D eigenvalue weighted by Crippen LogP contribution is 2.23. The van der Waals surface area contributed by atoms with Crippen LogP contribution in [0.3, 0.4) is 0 Å². The molecular formula is C16H30N2O2S. The summed E-state index contributed by atoms with van der Waals surface area (Å²) in [7, 11) is 2.08. The molecule has 0 aromatic heterocycles. The molecule has 0 spiro atoms. The molecule has 3 atom stereocenters. The van der Waals surface area contributed by atoms with Gasteiger partial charge in [0.15, 0.2) is 0 Å². The van der Waals surface area contributed by atoms with Crippen molar-refractivity contribution in [2.75, 3.05) is 31.6 Å². The predicted molar refractivity (Wildman–Crippen MR) is 88.6 cm³/mol. The van der Waals surface area contributed by atoms with Gasteiger partial charge in [0.25, 0.3) is 0 Å². The van der Waals surface area contributed by atoms with Crippen molar-refractivity contribution < 1.29 is 9.90 Å². The van der Waals surface area contributed by atoms with Crippen LogP contribution in [0.4, 0.5) is 0 Å². The molecule has 21 heavy (non-hydrogen) atoms. The lowest BCUT2D eigenvalue weighted by Gasteiger charge is -2.33. The Balaban J connectivity index is 1.92. The van der Waals surface area contributed by atoms with E-state index in [0.717, 1.165) is 25.1 Å². The van der Waals surface area contributed by atoms with Crippen molar-refractivity contribution in [3.63, 3.8) is 0 Å². The van der Waals surface area contributed by atoms with Gasteiger partial charge >= 0.3 is 0 Å². The zero-order valence-electron chi connectivity index (χ0n) is 13.5. The van der Waals surface area contributed by atoms with Crippen LogP contribution in [-0.2, 0) is 4.79 Å². The highest BCUT2D eigenvalue weighted by Gasteiger charge is 2.29. The quantitative estimate of drug-likeness (QED) is 0.842. The zero-order chi connectivity index (χ0) is 15.2. The van der Waals surface area contributed by atoms with E-state index in [1.54, 1.807) is 0 Å². The van der Waals surface area contributed by atoms with Gasteiger partial charge in [0, 0.05) is 24.4 Å². The van der Waals surface area contributed by atoms with Gasteiger partial charge in [-0.05, 0) is 45.4 Å². The molecule has 0 radical (unpaired) electrons. The van der Waals surface area contributed by atoms with Crippen LogP contribution in [0.5, 0.6) is 0 Å². The first-order chi connectivity index (χ1) is 10.1. The molecule has 1 N–H and O–H groups in total. The smallest absolute Gasteiger partial charge is 0.236 e. The molecule has 4 nitrogen and oxygen atoms in total. The summed E-state index contributed by atoms with van der Waals surface area (Å²) < 4.78 is 0. The Morgan fingerprint density at radius 1 is 1.38 bits per heavy atom. The molecular weight excluding hydrogens is 284 g/mol. The average Bonchev–Trinajstić information content (AvgIpc) is 2.86. The fraction of sp³-hybridized carbons (Fsp3) is 0.938. The third-order valence-electron chi connectivity index (χ3n) is 4.72. The van der Waals surface area contributed by atoms with Crippen LogP contribution < -0.4 is 0 Å². The van der Waals surface area contributed by atoms with Gasteiger partial charge in [-0.1, -0.05) is 12.8 Å². The minimum absolute atomic E-state index is 0.228. The van der Waals surface area contributed by atoms with Gasteiger partial charge in [-0.3, -0.25) is 9.69 Å². The van der Waals surface area contributed by atoms with E-state index in [0.29, 0.717) is 19.0 Å². The molecule has 2 saturated heterocycles. The lowest BCUT2D eigenvalue weighted by Crippen LogP contribution is -2.47. The van der Waals surface area contributed by atoms with E-state index in [2.05, 4.69) is 16.8 Å². The largest absolute Gasteiger partial charge is 0.393 e. The second kappa shape index (κ2) is 8.39. The summed E-state index contributed by atoms with van der Waals surface area (Å²) in [6, 6.07) is 0.785. The highest BCUT2D eigenvalue weighted by atomic mass is 32.2. The Bertz CT molecular complexity index is 332. The molecule has 2 aliphatic rings. The lowest BCUT2D eigenvalue weighted by molar-refractivity contribution is -0.135. The van der Waals surface area contributed by atoms with E-state index in [1.807, 2.05) is 18.7 Å². The first kappa shape index (κ1) is 17.1. The number of likely N-dealkylation sites (N-methyl/N-ethyl adjacent to an activating group) is 1. The normalized spacial score (nSPS) is 28.7. The number of likely N-dealkylation sites (tertiary alicyclic amines) is 1. The van der Waals surface area contributed by atoms with Crippen LogP contribution in [0.25, 0.3) is 0 Å². The van der Waals surface area contributed by atoms with E-state index in [1.165, 1.54) is 25.0 Å². The first-order valence-corrected chi connectivity index (χ1v) is 9.49. The number of carbonyl (C=O) groups excluding carboxylic acids is 1. The second-order valence-corrected chi connectivity index (χ2v) is 7.76. The molecule has 1 amide bonds. The number of rotatable bonds is 5. The van der Waals surface area contributed by atoms with E-state index in [-0.39, 0.29) is 18.1 Å². The highest BCUT2D eigenvalue weighted by molar-refractivity contribution is 7.99. The molecule has 2 aliphatic heterocycles. The fourth-order valence-corrected chi connectivity index (χ4v) is 4.75. The van der Waals surface area contributed by atoms with Gasteiger partial charge in [0.2, 0.25) is 5.91 Å². The van der Waals surface area contributed by atoms with Crippen molar-refractivity contribution in [3.8, 4) is 0 Å². The maximum absolute atomic E-state index is 12.7. The summed E-state index contributed by atoms with van der Waals surface area (Å²) in [5.41, 5.74) is 0. The Kier molecular flexibility index (Phi) is 6.83. The van der Waals surface area contributed by atoms with Gasteiger partial charge in [0.05, 0.1) is 12.6 Å². The van der Waals surface area contributed by atoms with Crippen molar-refractivity contribution >= 4 is 17.7 Å². The standard InChI is InChI=1S/C16H30N2O2S/c1-13(19)10-14-6-4-3-5-8-18(14)16(20)11-17(2)15-7-9-21-12-15/h13-15,19H,3-12H2,1-2H3. The predicted octanol–water partition coefficient (Wildman–Crippen LogP) is 1.97. The summed E-state index contributed by atoms with van der Waals surface area (Å²) >= 11 is 1.99. The Hall–Kier alpha value is -0.260. The third kappa shape index (κ3) is 5.15. The number of nitrogens with zero attached hydrogens (tertiary/aromatic N) is 2. The van der Waals surface area contributed by atoms with E-state index in [4.69, 9.17) is 0 Å². The minimum atomic E-state index is -0.327. The molecule has 0 bridgehead atoms. The molecule has 0 aromatic rings. The lowest BCUT2D eigenvalue weighted by atomic mass is 10.0. The van der Waals surface area contributed by atoms with Gasteiger partial charge in [-0.25, -0.2) is 0 Å². The number of hydrogen-bond donors (Lipinski definition) is 1. The molecule has 2 heterocycles. The third-order valence-corrected chi connectivity index (χ3v) is 5.87. The Morgan fingerprint density at radius 3 is 2.86 bits per heavy atom. The molecule has 0 saturated carbocycles. The summed E-state index contributed by atoms with van der Waals surface area (Å²) in [6.45, 7) is 3.22. The minimum Gasteiger partial charge on any atom is -0.393 e. The van der Waals surface area contributed by atoms with Crippen molar-refractivity contribution in [1.82, 2.24) is 9.80 Å². The van der Waals surface area contributed by atoms with Gasteiger partial charge < -0.3 is 10.0 Å². The number of thioether (sulfide) groups is 1. The van der Waals surface area contributed by atoms with Gasteiger partial charge in [0.1, 0.15) is 0 Å². The summed E-state index contributed by atoms with van der Waals surface area (Å²) in [5.74, 6) is 2.63. The van der Waals surface area contributed by atoms with Crippen molar-refractivity contribution in [2.45, 2.75) is 63.6 Å². The Labute approximate surface area is 133 Å². The van der Waals surface area contributed by atoms with Crippen LogP contribution in [-0.4, -0.2) is 70.6 Å².